The van der Waals surface area contributed by atoms with Crippen LogP contribution in [0.2, 0.25) is 0 Å². The van der Waals surface area contributed by atoms with E-state index in [1.165, 1.54) is 7.11 Å². The third kappa shape index (κ3) is 3.32. The van der Waals surface area contributed by atoms with Crippen molar-refractivity contribution >= 4 is 27.5 Å². The van der Waals surface area contributed by atoms with Crippen LogP contribution in [-0.4, -0.2) is 34.3 Å². The van der Waals surface area contributed by atoms with Gasteiger partial charge in [0.05, 0.1) is 34.1 Å². The highest BCUT2D eigenvalue weighted by molar-refractivity contribution is 9.10. The number of methoxy groups -OCH3 is 4. The first kappa shape index (κ1) is 19.4. The molecule has 0 bridgehead atoms. The van der Waals surface area contributed by atoms with Gasteiger partial charge in [-0.15, -0.1) is 0 Å². The number of ether oxygens (including phenoxy) is 4. The number of aryl methyl sites for hydroxylation is 1. The van der Waals surface area contributed by atoms with E-state index in [0.29, 0.717) is 22.9 Å². The highest BCUT2D eigenvalue weighted by Crippen LogP contribution is 2.53. The molecule has 1 heterocycles. The van der Waals surface area contributed by atoms with E-state index in [0.717, 1.165) is 26.9 Å². The van der Waals surface area contributed by atoms with Crippen molar-refractivity contribution in [2.24, 2.45) is 4.99 Å². The highest BCUT2D eigenvalue weighted by Gasteiger charge is 2.31. The molecule has 0 saturated heterocycles. The molecule has 144 valence electrons. The van der Waals surface area contributed by atoms with Gasteiger partial charge in [0.1, 0.15) is 5.75 Å². The highest BCUT2D eigenvalue weighted by atomic mass is 79.9. The molecule has 1 aliphatic heterocycles. The molecule has 1 unspecified atom stereocenters. The molecule has 6 nitrogen and oxygen atoms in total. The number of benzene rings is 2. The van der Waals surface area contributed by atoms with Crippen molar-refractivity contribution in [1.82, 2.24) is 0 Å². The maximum Gasteiger partial charge on any atom is 0.203 e. The molecule has 0 aliphatic carbocycles. The molecule has 0 aromatic heterocycles. The van der Waals surface area contributed by atoms with E-state index in [2.05, 4.69) is 20.9 Å². The predicted molar refractivity (Wildman–Crippen MR) is 105 cm³/mol. The molecule has 7 heteroatoms. The number of rotatable bonds is 5. The maximum atomic E-state index is 12.4. The quantitative estimate of drug-likeness (QED) is 0.716. The first-order chi connectivity index (χ1) is 12.9. The first-order valence-electron chi connectivity index (χ1n) is 8.36. The average molecular weight is 435 g/mol. The molecule has 0 fully saturated rings. The lowest BCUT2D eigenvalue weighted by molar-refractivity contribution is -0.219. The topological polar surface area (TPSA) is 72.3 Å². The normalized spacial score (nSPS) is 15.6. The maximum absolute atomic E-state index is 12.4. The van der Waals surface area contributed by atoms with Gasteiger partial charge in [-0.1, -0.05) is 22.0 Å². The summed E-state index contributed by atoms with van der Waals surface area (Å²) >= 11 is 3.62. The van der Waals surface area contributed by atoms with Crippen molar-refractivity contribution in [3.8, 4) is 23.0 Å². The molecule has 0 radical (unpaired) electrons. The van der Waals surface area contributed by atoms with E-state index in [1.54, 1.807) is 27.4 Å². The van der Waals surface area contributed by atoms with Gasteiger partial charge in [-0.2, -0.15) is 0 Å². The molecule has 0 N–H and O–H groups in total. The Hall–Kier alpha value is -2.41. The Kier molecular flexibility index (Phi) is 5.51. The summed E-state index contributed by atoms with van der Waals surface area (Å²) in [5.74, 6) is 1.82. The lowest BCUT2D eigenvalue weighted by Gasteiger charge is -2.31. The van der Waals surface area contributed by atoms with Crippen molar-refractivity contribution < 1.29 is 24.1 Å². The fourth-order valence-corrected chi connectivity index (χ4v) is 4.09. The van der Waals surface area contributed by atoms with Gasteiger partial charge in [0, 0.05) is 22.0 Å². The van der Waals surface area contributed by atoms with E-state index in [9.17, 15) is 5.11 Å². The van der Waals surface area contributed by atoms with Crippen LogP contribution in [0.5, 0.6) is 23.0 Å². The monoisotopic (exact) mass is 434 g/mol. The summed E-state index contributed by atoms with van der Waals surface area (Å²) in [6.45, 7) is 1.97. The van der Waals surface area contributed by atoms with Crippen molar-refractivity contribution in [2.75, 3.05) is 28.4 Å². The Morgan fingerprint density at radius 3 is 2.22 bits per heavy atom. The Bertz CT molecular complexity index is 910. The number of hydrogen-bond donors (Lipinski definition) is 0. The zero-order valence-corrected chi connectivity index (χ0v) is 17.5. The van der Waals surface area contributed by atoms with Crippen LogP contribution in [0.4, 0.5) is 5.69 Å². The summed E-state index contributed by atoms with van der Waals surface area (Å²) in [5.41, 5.74) is 3.28. The number of nitrogens with zero attached hydrogens (tertiary/aromatic N) is 1. The van der Waals surface area contributed by atoms with E-state index in [4.69, 9.17) is 18.9 Å². The Morgan fingerprint density at radius 2 is 1.63 bits per heavy atom. The van der Waals surface area contributed by atoms with Crippen LogP contribution in [0, 0.1) is 6.92 Å². The zero-order chi connectivity index (χ0) is 19.7. The van der Waals surface area contributed by atoms with Crippen molar-refractivity contribution in [3.63, 3.8) is 0 Å². The lowest BCUT2D eigenvalue weighted by atomic mass is 9.84. The number of halogens is 1. The molecule has 0 amide bonds. The van der Waals surface area contributed by atoms with Gasteiger partial charge in [-0.05, 0) is 36.4 Å². The van der Waals surface area contributed by atoms with Crippen LogP contribution in [-0.2, 0) is 0 Å². The molecule has 3 rings (SSSR count). The summed E-state index contributed by atoms with van der Waals surface area (Å²) in [4.78, 5) is 4.21. The fraction of sp³-hybridized carbons (Fsp3) is 0.350. The number of fused-ring (bicyclic) bond motifs is 1. The smallest absolute Gasteiger partial charge is 0.203 e. The van der Waals surface area contributed by atoms with Gasteiger partial charge < -0.3 is 24.1 Å². The van der Waals surface area contributed by atoms with Crippen LogP contribution in [0.15, 0.2) is 27.7 Å². The second kappa shape index (κ2) is 7.68. The van der Waals surface area contributed by atoms with Crippen molar-refractivity contribution in [3.05, 3.63) is 39.4 Å². The fourth-order valence-electron chi connectivity index (χ4n) is 3.49. The van der Waals surface area contributed by atoms with Crippen LogP contribution >= 0.6 is 15.9 Å². The molecule has 2 aromatic carbocycles. The van der Waals surface area contributed by atoms with Crippen molar-refractivity contribution in [1.29, 1.82) is 0 Å². The molecule has 2 aromatic rings. The molecule has 0 spiro atoms. The summed E-state index contributed by atoms with van der Waals surface area (Å²) in [6.07, 6.45) is 0.239. The van der Waals surface area contributed by atoms with Gasteiger partial charge >= 0.3 is 0 Å². The summed E-state index contributed by atoms with van der Waals surface area (Å²) in [7, 11) is 6.29. The minimum Gasteiger partial charge on any atom is -0.862 e. The van der Waals surface area contributed by atoms with E-state index < -0.39 is 0 Å². The second-order valence-corrected chi connectivity index (χ2v) is 7.04. The Labute approximate surface area is 166 Å². The van der Waals surface area contributed by atoms with Crippen molar-refractivity contribution in [2.45, 2.75) is 19.3 Å². The third-order valence-corrected chi connectivity index (χ3v) is 5.40. The predicted octanol–water partition coefficient (Wildman–Crippen LogP) is 3.72. The molecule has 1 aliphatic rings. The van der Waals surface area contributed by atoms with Crippen LogP contribution in [0.25, 0.3) is 0 Å². The number of hydrogen-bond acceptors (Lipinski definition) is 6. The largest absolute Gasteiger partial charge is 0.862 e. The van der Waals surface area contributed by atoms with Gasteiger partial charge in [-0.3, -0.25) is 4.99 Å². The number of aliphatic imine (C=N–C) groups is 1. The van der Waals surface area contributed by atoms with Gasteiger partial charge in [0.25, 0.3) is 0 Å². The lowest BCUT2D eigenvalue weighted by Crippen LogP contribution is -2.24. The van der Waals surface area contributed by atoms with Crippen LogP contribution < -0.4 is 24.1 Å². The van der Waals surface area contributed by atoms with E-state index >= 15 is 0 Å². The molecule has 1 atom stereocenters. The minimum absolute atomic E-state index is 0.192. The Balaban J connectivity index is 2.28. The average Bonchev–Trinajstić information content (AvgIpc) is 2.66. The van der Waals surface area contributed by atoms with Gasteiger partial charge in [0.15, 0.2) is 11.5 Å². The van der Waals surface area contributed by atoms with E-state index in [-0.39, 0.29) is 18.2 Å². The van der Waals surface area contributed by atoms with Gasteiger partial charge in [0.2, 0.25) is 5.75 Å². The SMILES string of the molecule is COc1cc(Br)c(C2CC([O-])=Nc3cc(OC)c(OC)c(OC)c32)cc1C. The Morgan fingerprint density at radius 1 is 0.963 bits per heavy atom. The third-order valence-electron chi connectivity index (χ3n) is 4.71. The van der Waals surface area contributed by atoms with E-state index in [1.807, 2.05) is 19.1 Å². The molecule has 27 heavy (non-hydrogen) atoms. The first-order valence-corrected chi connectivity index (χ1v) is 9.15. The minimum atomic E-state index is -0.237. The molecular weight excluding hydrogens is 414 g/mol. The molecule has 0 saturated carbocycles. The summed E-state index contributed by atoms with van der Waals surface area (Å²) in [5, 5.41) is 12.4. The zero-order valence-electron chi connectivity index (χ0n) is 15.9. The van der Waals surface area contributed by atoms with Gasteiger partial charge in [-0.25, -0.2) is 0 Å². The second-order valence-electron chi connectivity index (χ2n) is 6.18. The van der Waals surface area contributed by atoms with Crippen LogP contribution in [0.1, 0.15) is 29.0 Å². The van der Waals surface area contributed by atoms with Crippen LogP contribution in [0.3, 0.4) is 0 Å². The standard InChI is InChI=1S/C20H22BrNO5/c1-10-6-11(13(21)8-15(10)24-2)12-7-17(23)22-14-9-16(25-3)19(26-4)20(27-5)18(12)14/h6,8-9,12H,7H2,1-5H3,(H,22,23)/p-1. The molecular formula is C20H21BrNO5-. The summed E-state index contributed by atoms with van der Waals surface area (Å²) in [6, 6.07) is 5.64. The summed E-state index contributed by atoms with van der Waals surface area (Å²) < 4.78 is 22.8.